The highest BCUT2D eigenvalue weighted by Gasteiger charge is 2.49. The van der Waals surface area contributed by atoms with Crippen LogP contribution in [0.2, 0.25) is 0 Å². The van der Waals surface area contributed by atoms with Gasteiger partial charge in [0, 0.05) is 34.9 Å². The van der Waals surface area contributed by atoms with Gasteiger partial charge in [-0.25, -0.2) is 4.79 Å². The van der Waals surface area contributed by atoms with Gasteiger partial charge in [-0.2, -0.15) is 0 Å². The van der Waals surface area contributed by atoms with Crippen LogP contribution in [0.5, 0.6) is 0 Å². The Hall–Kier alpha value is -5.68. The topological polar surface area (TPSA) is 90.0 Å². The summed E-state index contributed by atoms with van der Waals surface area (Å²) in [5.41, 5.74) is 4.12. The highest BCUT2D eigenvalue weighted by molar-refractivity contribution is 6.15. The molecule has 2 saturated carbocycles. The van der Waals surface area contributed by atoms with E-state index in [1.54, 1.807) is 29.2 Å². The molecule has 1 aliphatic heterocycles. The zero-order chi connectivity index (χ0) is 36.7. The molecule has 0 radical (unpaired) electrons. The van der Waals surface area contributed by atoms with Crippen molar-refractivity contribution in [1.82, 2.24) is 10.2 Å². The SMILES string of the molecule is Cc1ccc(N2C(=O)N(C3CCCCC3)C(=O)C2c2ccc(N(C(=O)C#Cc3ccccc3)C(C(=O)NC3CCCCC3)c3ccccc3)cc2)cc1. The number of nitrogens with one attached hydrogen (secondary N) is 1. The molecule has 0 bridgehead atoms. The summed E-state index contributed by atoms with van der Waals surface area (Å²) < 4.78 is 0. The van der Waals surface area contributed by atoms with Crippen molar-refractivity contribution in [3.05, 3.63) is 131 Å². The first-order valence-electron chi connectivity index (χ1n) is 19.0. The van der Waals surface area contributed by atoms with Gasteiger partial charge in [-0.05, 0) is 80.1 Å². The predicted octanol–water partition coefficient (Wildman–Crippen LogP) is 8.41. The summed E-state index contributed by atoms with van der Waals surface area (Å²) in [6, 6.07) is 31.1. The largest absolute Gasteiger partial charge is 0.351 e. The first-order chi connectivity index (χ1) is 25.9. The van der Waals surface area contributed by atoms with Gasteiger partial charge in [0.2, 0.25) is 5.91 Å². The second-order valence-corrected chi connectivity index (χ2v) is 14.4. The second kappa shape index (κ2) is 16.3. The van der Waals surface area contributed by atoms with Crippen LogP contribution in [0.25, 0.3) is 0 Å². The molecule has 7 rings (SSSR count). The van der Waals surface area contributed by atoms with Crippen LogP contribution in [0.4, 0.5) is 16.2 Å². The zero-order valence-electron chi connectivity index (χ0n) is 30.2. The summed E-state index contributed by atoms with van der Waals surface area (Å²) >= 11 is 0. The van der Waals surface area contributed by atoms with E-state index in [-0.39, 0.29) is 29.9 Å². The molecule has 3 aliphatic rings. The van der Waals surface area contributed by atoms with Crippen LogP contribution >= 0.6 is 0 Å². The molecule has 1 heterocycles. The first-order valence-corrected chi connectivity index (χ1v) is 19.0. The lowest BCUT2D eigenvalue weighted by molar-refractivity contribution is -0.129. The third kappa shape index (κ3) is 7.90. The van der Waals surface area contributed by atoms with Crippen LogP contribution in [0, 0.1) is 18.8 Å². The molecular formula is C45H46N4O4. The van der Waals surface area contributed by atoms with Gasteiger partial charge in [-0.3, -0.25) is 29.1 Å². The Balaban J connectivity index is 1.28. The molecule has 2 atom stereocenters. The van der Waals surface area contributed by atoms with Crippen molar-refractivity contribution in [2.45, 2.75) is 95.3 Å². The van der Waals surface area contributed by atoms with Gasteiger partial charge < -0.3 is 5.32 Å². The fourth-order valence-corrected chi connectivity index (χ4v) is 7.98. The number of aryl methyl sites for hydroxylation is 1. The number of nitrogens with zero attached hydrogens (tertiary/aromatic N) is 3. The van der Waals surface area contributed by atoms with Crippen molar-refractivity contribution in [3.8, 4) is 11.8 Å². The highest BCUT2D eigenvalue weighted by Crippen LogP contribution is 2.40. The van der Waals surface area contributed by atoms with E-state index in [2.05, 4.69) is 17.2 Å². The number of hydrogen-bond acceptors (Lipinski definition) is 4. The van der Waals surface area contributed by atoms with Crippen LogP contribution in [0.15, 0.2) is 109 Å². The van der Waals surface area contributed by atoms with Crippen LogP contribution < -0.4 is 15.1 Å². The van der Waals surface area contributed by atoms with Crippen LogP contribution in [-0.4, -0.2) is 40.7 Å². The second-order valence-electron chi connectivity index (χ2n) is 14.4. The number of hydrogen-bond donors (Lipinski definition) is 1. The van der Waals surface area contributed by atoms with Crippen molar-refractivity contribution in [3.63, 3.8) is 0 Å². The normalized spacial score (nSPS) is 18.6. The number of imide groups is 1. The summed E-state index contributed by atoms with van der Waals surface area (Å²) in [5.74, 6) is 4.74. The Labute approximate surface area is 312 Å². The van der Waals surface area contributed by atoms with E-state index in [0.717, 1.165) is 69.8 Å². The number of carbonyl (C=O) groups is 4. The maximum Gasteiger partial charge on any atom is 0.332 e. The number of amides is 5. The molecule has 2 unspecified atom stereocenters. The van der Waals surface area contributed by atoms with Gasteiger partial charge in [-0.1, -0.05) is 123 Å². The number of carbonyl (C=O) groups excluding carboxylic acids is 4. The minimum absolute atomic E-state index is 0.0305. The minimum Gasteiger partial charge on any atom is -0.351 e. The highest BCUT2D eigenvalue weighted by atomic mass is 16.2. The molecule has 0 aromatic heterocycles. The molecule has 4 aromatic carbocycles. The average Bonchev–Trinajstić information content (AvgIpc) is 3.46. The summed E-state index contributed by atoms with van der Waals surface area (Å²) in [6.45, 7) is 1.99. The zero-order valence-corrected chi connectivity index (χ0v) is 30.2. The summed E-state index contributed by atoms with van der Waals surface area (Å²) in [5, 5.41) is 3.25. The van der Waals surface area contributed by atoms with Gasteiger partial charge in [-0.15, -0.1) is 0 Å². The van der Waals surface area contributed by atoms with Crippen molar-refractivity contribution in [2.24, 2.45) is 0 Å². The average molecular weight is 707 g/mol. The Kier molecular flexibility index (Phi) is 11.0. The molecule has 5 amide bonds. The summed E-state index contributed by atoms with van der Waals surface area (Å²) in [7, 11) is 0. The van der Waals surface area contributed by atoms with Gasteiger partial charge in [0.1, 0.15) is 12.1 Å². The summed E-state index contributed by atoms with van der Waals surface area (Å²) in [6.07, 6.45) is 9.72. The Morgan fingerprint density at radius 3 is 1.96 bits per heavy atom. The van der Waals surface area contributed by atoms with Gasteiger partial charge >= 0.3 is 11.9 Å². The van der Waals surface area contributed by atoms with E-state index in [9.17, 15) is 19.2 Å². The van der Waals surface area contributed by atoms with E-state index < -0.39 is 18.0 Å². The number of benzene rings is 4. The van der Waals surface area contributed by atoms with Crippen molar-refractivity contribution >= 4 is 35.1 Å². The van der Waals surface area contributed by atoms with E-state index in [4.69, 9.17) is 0 Å². The molecule has 8 heteroatoms. The Morgan fingerprint density at radius 2 is 1.32 bits per heavy atom. The van der Waals surface area contributed by atoms with Crippen molar-refractivity contribution in [2.75, 3.05) is 9.80 Å². The molecular weight excluding hydrogens is 661 g/mol. The first kappa shape index (κ1) is 35.7. The predicted molar refractivity (Wildman–Crippen MR) is 207 cm³/mol. The van der Waals surface area contributed by atoms with Crippen molar-refractivity contribution in [1.29, 1.82) is 0 Å². The Bertz CT molecular complexity index is 1970. The smallest absolute Gasteiger partial charge is 0.332 e. The van der Waals surface area contributed by atoms with Gasteiger partial charge in [0.25, 0.3) is 5.91 Å². The number of anilines is 2. The fraction of sp³-hybridized carbons (Fsp3) is 0.333. The molecule has 2 aliphatic carbocycles. The molecule has 8 nitrogen and oxygen atoms in total. The van der Waals surface area contributed by atoms with Crippen molar-refractivity contribution < 1.29 is 19.2 Å². The van der Waals surface area contributed by atoms with E-state index in [1.165, 1.54) is 9.80 Å². The minimum atomic E-state index is -0.998. The van der Waals surface area contributed by atoms with Gasteiger partial charge in [0.15, 0.2) is 0 Å². The van der Waals surface area contributed by atoms with E-state index in [1.807, 2.05) is 91.9 Å². The number of rotatable bonds is 8. The quantitative estimate of drug-likeness (QED) is 0.147. The lowest BCUT2D eigenvalue weighted by Crippen LogP contribution is -2.47. The van der Waals surface area contributed by atoms with Crippen LogP contribution in [0.1, 0.15) is 98.5 Å². The summed E-state index contributed by atoms with van der Waals surface area (Å²) in [4.78, 5) is 61.6. The lowest BCUT2D eigenvalue weighted by Gasteiger charge is -2.32. The molecule has 4 aromatic rings. The fourth-order valence-electron chi connectivity index (χ4n) is 7.98. The maximum absolute atomic E-state index is 14.3. The monoisotopic (exact) mass is 706 g/mol. The molecule has 3 fully saturated rings. The standard InChI is InChI=1S/C45H46N4O4/c1-32-22-27-39(28-23-32)48-42(44(52)49(45(48)53)37-20-12-5-13-21-37)35-25-29-38(30-26-35)47(40(50)31-24-33-14-6-2-7-15-33)41(34-16-8-3-9-17-34)43(51)46-36-18-10-4-11-19-36/h2-3,6-9,14-17,22-23,25-30,36-37,41-42H,4-5,10-13,18-21H2,1H3,(H,46,51). The van der Waals surface area contributed by atoms with E-state index in [0.29, 0.717) is 28.1 Å². The molecule has 270 valence electrons. The van der Waals surface area contributed by atoms with Crippen LogP contribution in [-0.2, 0) is 14.4 Å². The van der Waals surface area contributed by atoms with Crippen LogP contribution in [0.3, 0.4) is 0 Å². The van der Waals surface area contributed by atoms with E-state index >= 15 is 0 Å². The molecule has 1 saturated heterocycles. The maximum atomic E-state index is 14.3. The third-order valence-corrected chi connectivity index (χ3v) is 10.8. The molecule has 1 N–H and O–H groups in total. The van der Waals surface area contributed by atoms with Gasteiger partial charge in [0.05, 0.1) is 0 Å². The molecule has 0 spiro atoms. The Morgan fingerprint density at radius 1 is 0.717 bits per heavy atom. The number of urea groups is 1. The lowest BCUT2D eigenvalue weighted by atomic mass is 9.94. The molecule has 53 heavy (non-hydrogen) atoms. The third-order valence-electron chi connectivity index (χ3n) is 10.8.